The summed E-state index contributed by atoms with van der Waals surface area (Å²) in [6, 6.07) is 5.26. The molecule has 2 aliphatic rings. The lowest BCUT2D eigenvalue weighted by Crippen LogP contribution is -2.20. The first-order valence-electron chi connectivity index (χ1n) is 7.29. The van der Waals surface area contributed by atoms with Crippen LogP contribution in [0.3, 0.4) is 0 Å². The molecule has 2 aliphatic carbocycles. The van der Waals surface area contributed by atoms with Gasteiger partial charge in [0.05, 0.1) is 12.8 Å². The van der Waals surface area contributed by atoms with E-state index < -0.39 is 0 Å². The number of methoxy groups -OCH3 is 1. The molecule has 0 heterocycles. The number of carbonyl (C=O) groups excluding carboxylic acids is 1. The van der Waals surface area contributed by atoms with Gasteiger partial charge >= 0.3 is 0 Å². The molecule has 0 radical (unpaired) electrons. The highest BCUT2D eigenvalue weighted by atomic mass is 35.5. The quantitative estimate of drug-likeness (QED) is 0.907. The van der Waals surface area contributed by atoms with Crippen LogP contribution in [0.1, 0.15) is 32.1 Å². The van der Waals surface area contributed by atoms with Crippen molar-refractivity contribution in [2.24, 2.45) is 17.8 Å². The molecule has 0 aliphatic heterocycles. The third-order valence-corrected chi connectivity index (χ3v) is 5.00. The number of carbonyl (C=O) groups is 1. The summed E-state index contributed by atoms with van der Waals surface area (Å²) in [5.41, 5.74) is 0.660. The highest BCUT2D eigenvalue weighted by molar-refractivity contribution is 6.31. The SMILES string of the molecule is COc1ccc(Cl)cc1NC(=O)C[C@H]1C[C@H]2CC[C@@H]1C2. The van der Waals surface area contributed by atoms with Crippen molar-refractivity contribution in [3.63, 3.8) is 0 Å². The molecule has 2 bridgehead atoms. The molecule has 20 heavy (non-hydrogen) atoms. The minimum atomic E-state index is 0.0723. The first kappa shape index (κ1) is 13.7. The molecule has 3 rings (SSSR count). The Morgan fingerprint density at radius 3 is 2.90 bits per heavy atom. The highest BCUT2D eigenvalue weighted by Gasteiger charge is 2.40. The van der Waals surface area contributed by atoms with Crippen molar-refractivity contribution in [3.05, 3.63) is 23.2 Å². The second-order valence-electron chi connectivity index (χ2n) is 6.03. The molecule has 2 fully saturated rings. The van der Waals surface area contributed by atoms with E-state index in [0.29, 0.717) is 28.8 Å². The van der Waals surface area contributed by atoms with E-state index in [1.54, 1.807) is 25.3 Å². The van der Waals surface area contributed by atoms with E-state index in [1.807, 2.05) is 0 Å². The molecule has 0 unspecified atom stereocenters. The van der Waals surface area contributed by atoms with Gasteiger partial charge in [0.15, 0.2) is 0 Å². The van der Waals surface area contributed by atoms with Crippen molar-refractivity contribution in [3.8, 4) is 5.75 Å². The topological polar surface area (TPSA) is 38.3 Å². The minimum Gasteiger partial charge on any atom is -0.495 e. The van der Waals surface area contributed by atoms with Crippen molar-refractivity contribution >= 4 is 23.2 Å². The molecule has 2 saturated carbocycles. The third-order valence-electron chi connectivity index (χ3n) is 4.77. The summed E-state index contributed by atoms with van der Waals surface area (Å²) >= 11 is 5.97. The molecular formula is C16H20ClNO2. The Labute approximate surface area is 124 Å². The van der Waals surface area contributed by atoms with Crippen LogP contribution in [0.25, 0.3) is 0 Å². The van der Waals surface area contributed by atoms with Gasteiger partial charge in [-0.3, -0.25) is 4.79 Å². The van der Waals surface area contributed by atoms with Crippen molar-refractivity contribution in [1.29, 1.82) is 0 Å². The zero-order chi connectivity index (χ0) is 14.1. The average molecular weight is 294 g/mol. The molecule has 1 aromatic rings. The average Bonchev–Trinajstić information content (AvgIpc) is 3.01. The Kier molecular flexibility index (Phi) is 3.88. The summed E-state index contributed by atoms with van der Waals surface area (Å²) in [5, 5.41) is 3.54. The summed E-state index contributed by atoms with van der Waals surface area (Å²) < 4.78 is 5.25. The molecule has 1 amide bonds. The number of hydrogen-bond donors (Lipinski definition) is 1. The first-order chi connectivity index (χ1) is 9.65. The monoisotopic (exact) mass is 293 g/mol. The summed E-state index contributed by atoms with van der Waals surface area (Å²) in [6.07, 6.45) is 5.86. The van der Waals surface area contributed by atoms with Crippen LogP contribution in [0.5, 0.6) is 5.75 Å². The Balaban J connectivity index is 1.63. The number of benzene rings is 1. The number of hydrogen-bond acceptors (Lipinski definition) is 2. The Morgan fingerprint density at radius 2 is 2.25 bits per heavy atom. The Hall–Kier alpha value is -1.22. The van der Waals surface area contributed by atoms with Crippen LogP contribution < -0.4 is 10.1 Å². The largest absolute Gasteiger partial charge is 0.495 e. The van der Waals surface area contributed by atoms with Gasteiger partial charge in [0.25, 0.3) is 0 Å². The zero-order valence-electron chi connectivity index (χ0n) is 11.7. The van der Waals surface area contributed by atoms with Gasteiger partial charge in [-0.1, -0.05) is 18.0 Å². The van der Waals surface area contributed by atoms with E-state index in [2.05, 4.69) is 5.32 Å². The van der Waals surface area contributed by atoms with Gasteiger partial charge < -0.3 is 10.1 Å². The standard InChI is InChI=1S/C16H20ClNO2/c1-20-15-5-4-13(17)9-14(15)18-16(19)8-12-7-10-2-3-11(12)6-10/h4-5,9-12H,2-3,6-8H2,1H3,(H,18,19)/t10-,11+,12+/m0/s1. The van der Waals surface area contributed by atoms with Crippen molar-refractivity contribution in [2.75, 3.05) is 12.4 Å². The lowest BCUT2D eigenvalue weighted by Gasteiger charge is -2.21. The maximum absolute atomic E-state index is 12.2. The fourth-order valence-corrected chi connectivity index (χ4v) is 4.02. The number of anilines is 1. The first-order valence-corrected chi connectivity index (χ1v) is 7.67. The van der Waals surface area contributed by atoms with Crippen LogP contribution in [0.2, 0.25) is 5.02 Å². The predicted molar refractivity (Wildman–Crippen MR) is 80.2 cm³/mol. The van der Waals surface area contributed by atoms with Crippen LogP contribution in [0.4, 0.5) is 5.69 Å². The third kappa shape index (κ3) is 2.78. The van der Waals surface area contributed by atoms with E-state index >= 15 is 0 Å². The maximum Gasteiger partial charge on any atom is 0.224 e. The lowest BCUT2D eigenvalue weighted by atomic mass is 9.86. The predicted octanol–water partition coefficient (Wildman–Crippen LogP) is 4.11. The number of rotatable bonds is 4. The number of halogens is 1. The normalized spacial score (nSPS) is 27.6. The molecule has 1 N–H and O–H groups in total. The number of nitrogens with one attached hydrogen (secondary N) is 1. The van der Waals surface area contributed by atoms with Gasteiger partial charge in [0, 0.05) is 11.4 Å². The van der Waals surface area contributed by atoms with E-state index in [-0.39, 0.29) is 5.91 Å². The Morgan fingerprint density at radius 1 is 1.40 bits per heavy atom. The number of ether oxygens (including phenoxy) is 1. The van der Waals surface area contributed by atoms with Crippen LogP contribution in [-0.2, 0) is 4.79 Å². The molecule has 0 spiro atoms. The fourth-order valence-electron chi connectivity index (χ4n) is 3.84. The van der Waals surface area contributed by atoms with E-state index in [9.17, 15) is 4.79 Å². The van der Waals surface area contributed by atoms with Crippen molar-refractivity contribution < 1.29 is 9.53 Å². The van der Waals surface area contributed by atoms with E-state index in [1.165, 1.54) is 25.7 Å². The van der Waals surface area contributed by atoms with Gasteiger partial charge in [-0.25, -0.2) is 0 Å². The summed E-state index contributed by atoms with van der Waals surface area (Å²) in [4.78, 5) is 12.2. The molecule has 0 saturated heterocycles. The smallest absolute Gasteiger partial charge is 0.224 e. The van der Waals surface area contributed by atoms with Gasteiger partial charge in [-0.2, -0.15) is 0 Å². The van der Waals surface area contributed by atoms with Crippen LogP contribution in [0.15, 0.2) is 18.2 Å². The van der Waals surface area contributed by atoms with Gasteiger partial charge in [-0.15, -0.1) is 0 Å². The van der Waals surface area contributed by atoms with Crippen LogP contribution >= 0.6 is 11.6 Å². The fraction of sp³-hybridized carbons (Fsp3) is 0.562. The summed E-state index contributed by atoms with van der Waals surface area (Å²) in [7, 11) is 1.59. The molecule has 3 atom stereocenters. The van der Waals surface area contributed by atoms with Crippen LogP contribution in [-0.4, -0.2) is 13.0 Å². The minimum absolute atomic E-state index is 0.0723. The van der Waals surface area contributed by atoms with Crippen molar-refractivity contribution in [2.45, 2.75) is 32.1 Å². The second-order valence-corrected chi connectivity index (χ2v) is 6.47. The molecule has 4 heteroatoms. The van der Waals surface area contributed by atoms with E-state index in [4.69, 9.17) is 16.3 Å². The van der Waals surface area contributed by atoms with Gasteiger partial charge in [0.2, 0.25) is 5.91 Å². The number of amides is 1. The van der Waals surface area contributed by atoms with Gasteiger partial charge in [-0.05, 0) is 55.2 Å². The second kappa shape index (κ2) is 5.65. The molecule has 1 aromatic carbocycles. The maximum atomic E-state index is 12.2. The molecule has 0 aromatic heterocycles. The molecular weight excluding hydrogens is 274 g/mol. The van der Waals surface area contributed by atoms with Crippen molar-refractivity contribution in [1.82, 2.24) is 0 Å². The lowest BCUT2D eigenvalue weighted by molar-refractivity contribution is -0.117. The summed E-state index contributed by atoms with van der Waals surface area (Å²) in [5.74, 6) is 2.93. The number of fused-ring (bicyclic) bond motifs is 2. The molecule has 3 nitrogen and oxygen atoms in total. The Bertz CT molecular complexity index is 517. The van der Waals surface area contributed by atoms with Crippen LogP contribution in [0, 0.1) is 17.8 Å². The molecule has 108 valence electrons. The summed E-state index contributed by atoms with van der Waals surface area (Å²) in [6.45, 7) is 0. The highest BCUT2D eigenvalue weighted by Crippen LogP contribution is 2.49. The van der Waals surface area contributed by atoms with Gasteiger partial charge in [0.1, 0.15) is 5.75 Å². The zero-order valence-corrected chi connectivity index (χ0v) is 12.5. The van der Waals surface area contributed by atoms with E-state index in [0.717, 1.165) is 11.8 Å².